The lowest BCUT2D eigenvalue weighted by Gasteiger charge is -1.85. The molecule has 1 rings (SSSR count). The van der Waals surface area contributed by atoms with E-state index in [-0.39, 0.29) is 0 Å². The SMILES string of the molecule is Nc1[c]nc(F)cc1. The van der Waals surface area contributed by atoms with Gasteiger partial charge in [-0.3, -0.25) is 0 Å². The lowest BCUT2D eigenvalue weighted by molar-refractivity contribution is 0.583. The fraction of sp³-hybridized carbons (Fsp3) is 0. The molecule has 1 aromatic heterocycles. The Morgan fingerprint density at radius 1 is 1.62 bits per heavy atom. The molecule has 1 heterocycles. The molecule has 41 valence electrons. The van der Waals surface area contributed by atoms with Gasteiger partial charge in [-0.2, -0.15) is 4.39 Å². The summed E-state index contributed by atoms with van der Waals surface area (Å²) >= 11 is 0. The van der Waals surface area contributed by atoms with E-state index in [1.54, 1.807) is 0 Å². The maximum Gasteiger partial charge on any atom is 0.213 e. The number of rotatable bonds is 0. The van der Waals surface area contributed by atoms with Crippen molar-refractivity contribution in [3.05, 3.63) is 24.3 Å². The lowest BCUT2D eigenvalue weighted by Crippen LogP contribution is -1.87. The number of aromatic nitrogens is 1. The molecule has 8 heavy (non-hydrogen) atoms. The Morgan fingerprint density at radius 3 is 2.75 bits per heavy atom. The normalized spacial score (nSPS) is 9.12. The Kier molecular flexibility index (Phi) is 1.12. The van der Waals surface area contributed by atoms with Crippen molar-refractivity contribution in [3.8, 4) is 0 Å². The highest BCUT2D eigenvalue weighted by atomic mass is 19.1. The number of hydrogen-bond donors (Lipinski definition) is 1. The van der Waals surface area contributed by atoms with E-state index in [4.69, 9.17) is 5.73 Å². The number of nitrogens with zero attached hydrogens (tertiary/aromatic N) is 1. The van der Waals surface area contributed by atoms with Crippen LogP contribution in [0.2, 0.25) is 0 Å². The van der Waals surface area contributed by atoms with Crippen LogP contribution in [0.1, 0.15) is 0 Å². The number of halogens is 1. The smallest absolute Gasteiger partial charge is 0.213 e. The summed E-state index contributed by atoms with van der Waals surface area (Å²) in [5.41, 5.74) is 5.50. The molecular weight excluding hydrogens is 107 g/mol. The number of nitrogens with two attached hydrogens (primary N) is 1. The molecule has 1 aromatic rings. The van der Waals surface area contributed by atoms with E-state index in [0.717, 1.165) is 0 Å². The van der Waals surface area contributed by atoms with Crippen molar-refractivity contribution in [2.75, 3.05) is 5.73 Å². The van der Waals surface area contributed by atoms with Crippen molar-refractivity contribution in [1.82, 2.24) is 4.98 Å². The van der Waals surface area contributed by atoms with Gasteiger partial charge in [0.25, 0.3) is 0 Å². The van der Waals surface area contributed by atoms with Crippen LogP contribution in [0.3, 0.4) is 0 Å². The van der Waals surface area contributed by atoms with E-state index >= 15 is 0 Å². The molecule has 0 aromatic carbocycles. The minimum atomic E-state index is -0.556. The molecule has 0 amide bonds. The average Bonchev–Trinajstić information content (AvgIpc) is 1.77. The number of nitrogen functional groups attached to an aromatic ring is 1. The molecule has 0 aliphatic heterocycles. The second-order valence-electron chi connectivity index (χ2n) is 1.34. The Bertz CT molecular complexity index is 149. The average molecular weight is 111 g/mol. The van der Waals surface area contributed by atoms with Gasteiger partial charge in [0.15, 0.2) is 0 Å². The van der Waals surface area contributed by atoms with E-state index in [1.807, 2.05) is 0 Å². The predicted molar refractivity (Wildman–Crippen MR) is 27.4 cm³/mol. The number of anilines is 1. The molecule has 3 heteroatoms. The zero-order valence-electron chi connectivity index (χ0n) is 4.06. The van der Waals surface area contributed by atoms with Crippen molar-refractivity contribution >= 4 is 5.69 Å². The Morgan fingerprint density at radius 2 is 2.38 bits per heavy atom. The topological polar surface area (TPSA) is 38.9 Å². The van der Waals surface area contributed by atoms with Crippen molar-refractivity contribution in [1.29, 1.82) is 0 Å². The number of pyridine rings is 1. The summed E-state index contributed by atoms with van der Waals surface area (Å²) in [5.74, 6) is -0.556. The van der Waals surface area contributed by atoms with Gasteiger partial charge in [0.05, 0.1) is 5.69 Å². The van der Waals surface area contributed by atoms with Gasteiger partial charge < -0.3 is 5.73 Å². The summed E-state index contributed by atoms with van der Waals surface area (Å²) in [6, 6.07) is 2.59. The molecule has 0 fully saturated rings. The first-order chi connectivity index (χ1) is 3.79. The van der Waals surface area contributed by atoms with Gasteiger partial charge in [-0.05, 0) is 12.1 Å². The molecule has 0 spiro atoms. The molecule has 0 saturated heterocycles. The van der Waals surface area contributed by atoms with Crippen molar-refractivity contribution in [2.45, 2.75) is 0 Å². The highest BCUT2D eigenvalue weighted by Gasteiger charge is 1.86. The molecule has 2 nitrogen and oxygen atoms in total. The van der Waals surface area contributed by atoms with Crippen LogP contribution in [0.25, 0.3) is 0 Å². The summed E-state index contributed by atoms with van der Waals surface area (Å²) in [5, 5.41) is 0. The van der Waals surface area contributed by atoms with Crippen LogP contribution in [0, 0.1) is 12.1 Å². The van der Waals surface area contributed by atoms with Crippen molar-refractivity contribution in [3.63, 3.8) is 0 Å². The zero-order chi connectivity index (χ0) is 5.98. The van der Waals surface area contributed by atoms with Crippen LogP contribution >= 0.6 is 0 Å². The second kappa shape index (κ2) is 1.78. The highest BCUT2D eigenvalue weighted by molar-refractivity contribution is 5.31. The summed E-state index contributed by atoms with van der Waals surface area (Å²) in [6.07, 6.45) is 2.25. The van der Waals surface area contributed by atoms with Crippen LogP contribution in [0.4, 0.5) is 10.1 Å². The zero-order valence-corrected chi connectivity index (χ0v) is 4.06. The van der Waals surface area contributed by atoms with E-state index < -0.39 is 5.95 Å². The molecule has 0 saturated carbocycles. The Labute approximate surface area is 46.2 Å². The predicted octanol–water partition coefficient (Wildman–Crippen LogP) is 0.603. The van der Waals surface area contributed by atoms with Gasteiger partial charge >= 0.3 is 0 Å². The van der Waals surface area contributed by atoms with Crippen molar-refractivity contribution < 1.29 is 4.39 Å². The van der Waals surface area contributed by atoms with Gasteiger partial charge in [0, 0.05) is 0 Å². The summed E-state index contributed by atoms with van der Waals surface area (Å²) in [7, 11) is 0. The van der Waals surface area contributed by atoms with Crippen LogP contribution in [0.5, 0.6) is 0 Å². The van der Waals surface area contributed by atoms with Crippen LogP contribution in [-0.4, -0.2) is 4.98 Å². The molecular formula is C5H4FN2. The molecule has 0 aliphatic carbocycles. The standard InChI is InChI=1S/C5H4FN2/c6-5-2-1-4(7)3-8-5/h1-2H,7H2. The fourth-order valence-corrected chi connectivity index (χ4v) is 0.351. The molecule has 1 radical (unpaired) electrons. The molecule has 0 unspecified atom stereocenters. The quantitative estimate of drug-likeness (QED) is 0.498. The first-order valence-corrected chi connectivity index (χ1v) is 2.09. The largest absolute Gasteiger partial charge is 0.397 e. The van der Waals surface area contributed by atoms with Gasteiger partial charge in [-0.15, -0.1) is 0 Å². The summed E-state index contributed by atoms with van der Waals surface area (Å²) in [4.78, 5) is 3.16. The molecule has 2 N–H and O–H groups in total. The minimum absolute atomic E-state index is 0.353. The summed E-state index contributed by atoms with van der Waals surface area (Å²) < 4.78 is 11.9. The second-order valence-corrected chi connectivity index (χ2v) is 1.34. The minimum Gasteiger partial charge on any atom is -0.397 e. The third-order valence-electron chi connectivity index (χ3n) is 0.692. The Balaban J connectivity index is 3.03. The molecule has 0 bridgehead atoms. The van der Waals surface area contributed by atoms with Gasteiger partial charge in [-0.25, -0.2) is 4.98 Å². The third kappa shape index (κ3) is 0.932. The first kappa shape index (κ1) is 5.03. The van der Waals surface area contributed by atoms with Gasteiger partial charge in [-0.1, -0.05) is 0 Å². The lowest BCUT2D eigenvalue weighted by atomic mass is 10.4. The summed E-state index contributed by atoms with van der Waals surface area (Å²) in [6.45, 7) is 0. The maximum atomic E-state index is 11.9. The van der Waals surface area contributed by atoms with E-state index in [1.165, 1.54) is 12.1 Å². The number of hydrogen-bond acceptors (Lipinski definition) is 2. The first-order valence-electron chi connectivity index (χ1n) is 2.09. The fourth-order valence-electron chi connectivity index (χ4n) is 0.351. The van der Waals surface area contributed by atoms with E-state index in [9.17, 15) is 4.39 Å². The maximum absolute atomic E-state index is 11.9. The highest BCUT2D eigenvalue weighted by Crippen LogP contribution is 1.96. The monoisotopic (exact) mass is 111 g/mol. The molecule has 0 aliphatic rings. The Hall–Kier alpha value is -1.12. The van der Waals surface area contributed by atoms with Crippen LogP contribution in [-0.2, 0) is 0 Å². The van der Waals surface area contributed by atoms with Gasteiger partial charge in [0.2, 0.25) is 5.95 Å². The van der Waals surface area contributed by atoms with Crippen molar-refractivity contribution in [2.24, 2.45) is 0 Å². The molecule has 0 atom stereocenters. The van der Waals surface area contributed by atoms with Crippen LogP contribution in [0.15, 0.2) is 12.1 Å². The van der Waals surface area contributed by atoms with E-state index in [0.29, 0.717) is 5.69 Å². The van der Waals surface area contributed by atoms with E-state index in [2.05, 4.69) is 11.2 Å². The van der Waals surface area contributed by atoms with Crippen LogP contribution < -0.4 is 5.73 Å². The van der Waals surface area contributed by atoms with Gasteiger partial charge in [0.1, 0.15) is 6.20 Å². The third-order valence-corrected chi connectivity index (χ3v) is 0.692.